The van der Waals surface area contributed by atoms with E-state index < -0.39 is 17.7 Å². The van der Waals surface area contributed by atoms with Crippen LogP contribution in [0.4, 0.5) is 5.13 Å². The van der Waals surface area contributed by atoms with Crippen LogP contribution in [0.15, 0.2) is 72.4 Å². The van der Waals surface area contributed by atoms with Crippen LogP contribution in [0.1, 0.15) is 42.4 Å². The molecule has 196 valence electrons. The molecule has 1 aliphatic rings. The number of ether oxygens (including phenoxy) is 1. The normalized spacial score (nSPS) is 17.0. The second kappa shape index (κ2) is 9.67. The number of aryl methyl sites for hydroxylation is 2. The van der Waals surface area contributed by atoms with Gasteiger partial charge in [0, 0.05) is 6.20 Å². The number of carbonyl (C=O) groups excluding carboxylic acids is 2. The molecule has 5 aromatic rings. The van der Waals surface area contributed by atoms with Crippen molar-refractivity contribution in [1.82, 2.24) is 14.4 Å². The number of benzene rings is 2. The third-order valence-electron chi connectivity index (χ3n) is 6.94. The van der Waals surface area contributed by atoms with E-state index >= 15 is 0 Å². The number of amides is 1. The van der Waals surface area contributed by atoms with Crippen LogP contribution in [0.2, 0.25) is 0 Å². The largest absolute Gasteiger partial charge is 0.505 e. The average molecular weight is 539 g/mol. The van der Waals surface area contributed by atoms with Crippen LogP contribution in [0.3, 0.4) is 0 Å². The molecule has 1 atom stereocenters. The number of pyridine rings is 1. The number of rotatable bonds is 6. The zero-order chi connectivity index (χ0) is 27.3. The van der Waals surface area contributed by atoms with Crippen LogP contribution in [0.5, 0.6) is 5.75 Å². The molecular weight excluding hydrogens is 512 g/mol. The molecule has 1 fully saturated rings. The summed E-state index contributed by atoms with van der Waals surface area (Å²) in [6.07, 6.45) is 2.62. The van der Waals surface area contributed by atoms with Crippen molar-refractivity contribution < 1.29 is 19.4 Å². The highest BCUT2D eigenvalue weighted by Gasteiger charge is 2.48. The number of imidazole rings is 1. The van der Waals surface area contributed by atoms with Crippen molar-refractivity contribution in [2.24, 2.45) is 0 Å². The number of anilines is 1. The predicted molar refractivity (Wildman–Crippen MR) is 151 cm³/mol. The Morgan fingerprint density at radius 1 is 1.05 bits per heavy atom. The Hall–Kier alpha value is -4.50. The van der Waals surface area contributed by atoms with E-state index in [1.807, 2.05) is 67.6 Å². The molecule has 8 nitrogen and oxygen atoms in total. The summed E-state index contributed by atoms with van der Waals surface area (Å²) in [5.41, 5.74) is 4.08. The smallest absolute Gasteiger partial charge is 0.301 e. The van der Waals surface area contributed by atoms with Gasteiger partial charge < -0.3 is 9.84 Å². The third kappa shape index (κ3) is 4.06. The van der Waals surface area contributed by atoms with Crippen LogP contribution < -0.4 is 9.64 Å². The quantitative estimate of drug-likeness (QED) is 0.166. The summed E-state index contributed by atoms with van der Waals surface area (Å²) in [7, 11) is 0. The van der Waals surface area contributed by atoms with E-state index in [2.05, 4.69) is 11.9 Å². The lowest BCUT2D eigenvalue weighted by atomic mass is 9.95. The first kappa shape index (κ1) is 24.8. The zero-order valence-electron chi connectivity index (χ0n) is 21.7. The minimum Gasteiger partial charge on any atom is -0.505 e. The number of hydrogen-bond acceptors (Lipinski definition) is 7. The Bertz CT molecular complexity index is 1780. The summed E-state index contributed by atoms with van der Waals surface area (Å²) in [5, 5.41) is 12.1. The maximum atomic E-state index is 13.7. The van der Waals surface area contributed by atoms with E-state index in [1.54, 1.807) is 17.5 Å². The number of aromatic nitrogens is 3. The minimum absolute atomic E-state index is 0.00673. The number of hydrogen-bond donors (Lipinski definition) is 1. The molecule has 1 aliphatic heterocycles. The zero-order valence-corrected chi connectivity index (χ0v) is 22.5. The third-order valence-corrected chi connectivity index (χ3v) is 7.96. The molecule has 0 bridgehead atoms. The molecule has 0 spiro atoms. The van der Waals surface area contributed by atoms with E-state index in [0.29, 0.717) is 45.6 Å². The first-order chi connectivity index (χ1) is 18.9. The van der Waals surface area contributed by atoms with E-state index in [1.165, 1.54) is 16.2 Å². The average Bonchev–Trinajstić information content (AvgIpc) is 3.59. The van der Waals surface area contributed by atoms with Gasteiger partial charge >= 0.3 is 5.91 Å². The lowest BCUT2D eigenvalue weighted by Gasteiger charge is -2.23. The molecule has 0 aliphatic carbocycles. The number of thiazole rings is 1. The standard InChI is InChI=1S/C30H26N4O4S/c1-4-18-9-11-19(12-10-18)26-24(27(35)25-17(3)31-23-8-6-7-15-33(23)25)28(36)29(37)34(26)30-32-21-14-13-20(38-5-2)16-22(21)39-30/h6-16,26,35H,4-5H2,1-3H3/b27-24+. The predicted octanol–water partition coefficient (Wildman–Crippen LogP) is 5.84. The van der Waals surface area contributed by atoms with Gasteiger partial charge in [0.25, 0.3) is 5.78 Å². The number of aliphatic hydroxyl groups is 1. The van der Waals surface area contributed by atoms with Gasteiger partial charge in [-0.3, -0.25) is 18.9 Å². The molecular formula is C30H26N4O4S. The van der Waals surface area contributed by atoms with Gasteiger partial charge in [-0.2, -0.15) is 0 Å². The highest BCUT2D eigenvalue weighted by Crippen LogP contribution is 2.45. The van der Waals surface area contributed by atoms with Gasteiger partial charge in [0.2, 0.25) is 0 Å². The fourth-order valence-corrected chi connectivity index (χ4v) is 6.08. The van der Waals surface area contributed by atoms with Crippen LogP contribution in [0, 0.1) is 6.92 Å². The lowest BCUT2D eigenvalue weighted by Crippen LogP contribution is -2.29. The van der Waals surface area contributed by atoms with Crippen molar-refractivity contribution in [3.05, 3.63) is 94.9 Å². The molecule has 1 unspecified atom stereocenters. The van der Waals surface area contributed by atoms with Crippen molar-refractivity contribution in [2.75, 3.05) is 11.5 Å². The second-order valence-corrected chi connectivity index (χ2v) is 10.3. The number of fused-ring (bicyclic) bond motifs is 2. The summed E-state index contributed by atoms with van der Waals surface area (Å²) in [6.45, 7) is 6.28. The summed E-state index contributed by atoms with van der Waals surface area (Å²) >= 11 is 1.30. The number of Topliss-reactive ketones (excluding diaryl/α,β-unsaturated/α-hetero) is 1. The molecule has 1 amide bonds. The molecule has 6 rings (SSSR count). The summed E-state index contributed by atoms with van der Waals surface area (Å²) in [4.78, 5) is 37.9. The highest BCUT2D eigenvalue weighted by molar-refractivity contribution is 7.22. The topological polar surface area (TPSA) is 97.0 Å². The van der Waals surface area contributed by atoms with Crippen LogP contribution in [0.25, 0.3) is 21.6 Å². The highest BCUT2D eigenvalue weighted by atomic mass is 32.1. The van der Waals surface area contributed by atoms with Gasteiger partial charge in [-0.15, -0.1) is 0 Å². The first-order valence-corrected chi connectivity index (χ1v) is 13.6. The van der Waals surface area contributed by atoms with Crippen molar-refractivity contribution >= 4 is 49.8 Å². The minimum atomic E-state index is -0.864. The Balaban J connectivity index is 1.57. The van der Waals surface area contributed by atoms with E-state index in [0.717, 1.165) is 16.7 Å². The van der Waals surface area contributed by atoms with Gasteiger partial charge in [0.1, 0.15) is 17.1 Å². The van der Waals surface area contributed by atoms with Crippen molar-refractivity contribution in [1.29, 1.82) is 0 Å². The summed E-state index contributed by atoms with van der Waals surface area (Å²) in [5.74, 6) is -1.07. The Kier molecular flexibility index (Phi) is 6.15. The summed E-state index contributed by atoms with van der Waals surface area (Å²) < 4.78 is 8.18. The molecule has 1 saturated heterocycles. The molecule has 1 N–H and O–H groups in total. The number of ketones is 1. The molecule has 4 heterocycles. The fraction of sp³-hybridized carbons (Fsp3) is 0.200. The molecule has 3 aromatic heterocycles. The summed E-state index contributed by atoms with van der Waals surface area (Å²) in [6, 6.07) is 17.9. The van der Waals surface area contributed by atoms with Crippen LogP contribution >= 0.6 is 11.3 Å². The second-order valence-electron chi connectivity index (χ2n) is 9.30. The lowest BCUT2D eigenvalue weighted by molar-refractivity contribution is -0.132. The van der Waals surface area contributed by atoms with Gasteiger partial charge in [-0.25, -0.2) is 9.97 Å². The maximum absolute atomic E-state index is 13.7. The molecule has 0 saturated carbocycles. The molecule has 9 heteroatoms. The van der Waals surface area contributed by atoms with Gasteiger partial charge in [0.15, 0.2) is 10.9 Å². The van der Waals surface area contributed by atoms with Crippen molar-refractivity contribution in [3.8, 4) is 5.75 Å². The fourth-order valence-electron chi connectivity index (χ4n) is 5.06. The Morgan fingerprint density at radius 2 is 1.85 bits per heavy atom. The first-order valence-electron chi connectivity index (χ1n) is 12.8. The van der Waals surface area contributed by atoms with Crippen LogP contribution in [-0.4, -0.2) is 37.8 Å². The maximum Gasteiger partial charge on any atom is 0.301 e. The SMILES string of the molecule is CCOc1ccc2nc(N3C(=O)C(=O)/C(=C(/O)c4c(C)nc5ccccn45)C3c3ccc(CC)cc3)sc2c1. The monoisotopic (exact) mass is 538 g/mol. The van der Waals surface area contributed by atoms with E-state index in [4.69, 9.17) is 9.72 Å². The van der Waals surface area contributed by atoms with Gasteiger partial charge in [0.05, 0.1) is 34.1 Å². The van der Waals surface area contributed by atoms with Crippen molar-refractivity contribution in [2.45, 2.75) is 33.2 Å². The van der Waals surface area contributed by atoms with Crippen LogP contribution in [-0.2, 0) is 16.0 Å². The number of carbonyl (C=O) groups is 2. The van der Waals surface area contributed by atoms with Crippen molar-refractivity contribution in [3.63, 3.8) is 0 Å². The Morgan fingerprint density at radius 3 is 2.59 bits per heavy atom. The molecule has 39 heavy (non-hydrogen) atoms. The van der Waals surface area contributed by atoms with E-state index in [9.17, 15) is 14.7 Å². The molecule has 0 radical (unpaired) electrons. The number of nitrogens with zero attached hydrogens (tertiary/aromatic N) is 4. The van der Waals surface area contributed by atoms with E-state index in [-0.39, 0.29) is 11.3 Å². The molecule has 2 aromatic carbocycles. The Labute approximate surface area is 228 Å². The number of aliphatic hydroxyl groups excluding tert-OH is 1. The van der Waals surface area contributed by atoms with Gasteiger partial charge in [-0.05, 0) is 61.7 Å². The van der Waals surface area contributed by atoms with Gasteiger partial charge in [-0.1, -0.05) is 48.6 Å².